The maximum Gasteiger partial charge on any atom is 0.173 e. The van der Waals surface area contributed by atoms with Crippen LogP contribution in [0.3, 0.4) is 0 Å². The summed E-state index contributed by atoms with van der Waals surface area (Å²) in [4.78, 5) is 11.4. The highest BCUT2D eigenvalue weighted by Crippen LogP contribution is 2.23. The van der Waals surface area contributed by atoms with Crippen LogP contribution in [-0.2, 0) is 0 Å². The predicted molar refractivity (Wildman–Crippen MR) is 58.1 cm³/mol. The van der Waals surface area contributed by atoms with Gasteiger partial charge in [-0.15, -0.1) is 0 Å². The predicted octanol–water partition coefficient (Wildman–Crippen LogP) is 1.74. The summed E-state index contributed by atoms with van der Waals surface area (Å²) in [5.74, 6) is 0.0178. The SMILES string of the molecule is Cc1c(C(=O)CBr)ccc(N)c1N. The molecule has 0 aliphatic rings. The number of nitrogens with two attached hydrogens (primary N) is 2. The van der Waals surface area contributed by atoms with Crippen molar-refractivity contribution in [2.75, 3.05) is 16.8 Å². The van der Waals surface area contributed by atoms with Gasteiger partial charge in [-0.05, 0) is 24.6 Å². The highest BCUT2D eigenvalue weighted by atomic mass is 79.9. The van der Waals surface area contributed by atoms with Crippen molar-refractivity contribution in [1.82, 2.24) is 0 Å². The first-order valence-electron chi connectivity index (χ1n) is 3.81. The molecule has 0 radical (unpaired) electrons. The number of benzene rings is 1. The Labute approximate surface area is 85.2 Å². The lowest BCUT2D eigenvalue weighted by molar-refractivity contribution is 0.102. The molecule has 0 unspecified atom stereocenters. The van der Waals surface area contributed by atoms with Crippen molar-refractivity contribution >= 4 is 33.1 Å². The number of carbonyl (C=O) groups excluding carboxylic acids is 1. The lowest BCUT2D eigenvalue weighted by Gasteiger charge is -2.08. The normalized spacial score (nSPS) is 10.0. The van der Waals surface area contributed by atoms with Gasteiger partial charge in [0, 0.05) is 5.56 Å². The van der Waals surface area contributed by atoms with Crippen molar-refractivity contribution in [3.63, 3.8) is 0 Å². The first-order chi connectivity index (χ1) is 6.07. The van der Waals surface area contributed by atoms with Crippen LogP contribution in [0.4, 0.5) is 11.4 Å². The van der Waals surface area contributed by atoms with Gasteiger partial charge in [0.05, 0.1) is 16.7 Å². The Hall–Kier alpha value is -1.03. The summed E-state index contributed by atoms with van der Waals surface area (Å²) in [6, 6.07) is 3.35. The van der Waals surface area contributed by atoms with Crippen LogP contribution in [0.25, 0.3) is 0 Å². The average Bonchev–Trinajstić information content (AvgIpc) is 2.13. The fraction of sp³-hybridized carbons (Fsp3) is 0.222. The van der Waals surface area contributed by atoms with Crippen molar-refractivity contribution < 1.29 is 4.79 Å². The van der Waals surface area contributed by atoms with Gasteiger partial charge in [0.25, 0.3) is 0 Å². The first-order valence-corrected chi connectivity index (χ1v) is 4.93. The Morgan fingerprint density at radius 1 is 1.46 bits per heavy atom. The van der Waals surface area contributed by atoms with Gasteiger partial charge in [-0.25, -0.2) is 0 Å². The summed E-state index contributed by atoms with van der Waals surface area (Å²) < 4.78 is 0. The third-order valence-corrected chi connectivity index (χ3v) is 2.48. The van der Waals surface area contributed by atoms with Gasteiger partial charge >= 0.3 is 0 Å². The number of alkyl halides is 1. The fourth-order valence-electron chi connectivity index (χ4n) is 1.12. The Balaban J connectivity index is 3.26. The van der Waals surface area contributed by atoms with Crippen LogP contribution in [0.5, 0.6) is 0 Å². The van der Waals surface area contributed by atoms with Crippen molar-refractivity contribution in [3.05, 3.63) is 23.3 Å². The molecule has 0 heterocycles. The van der Waals surface area contributed by atoms with Gasteiger partial charge in [-0.1, -0.05) is 15.9 Å². The number of ketones is 1. The van der Waals surface area contributed by atoms with Crippen LogP contribution in [0, 0.1) is 6.92 Å². The van der Waals surface area contributed by atoms with Crippen LogP contribution in [-0.4, -0.2) is 11.1 Å². The van der Waals surface area contributed by atoms with Gasteiger partial charge in [-0.3, -0.25) is 4.79 Å². The number of nitrogen functional groups attached to an aromatic ring is 2. The van der Waals surface area contributed by atoms with E-state index in [9.17, 15) is 4.79 Å². The van der Waals surface area contributed by atoms with Gasteiger partial charge in [-0.2, -0.15) is 0 Å². The molecule has 4 heteroatoms. The molecule has 0 saturated heterocycles. The molecular formula is C9H11BrN2O. The number of rotatable bonds is 2. The Bertz CT molecular complexity index is 350. The lowest BCUT2D eigenvalue weighted by Crippen LogP contribution is -2.06. The van der Waals surface area contributed by atoms with E-state index >= 15 is 0 Å². The van der Waals surface area contributed by atoms with Gasteiger partial charge in [0.15, 0.2) is 5.78 Å². The zero-order valence-electron chi connectivity index (χ0n) is 7.30. The molecule has 13 heavy (non-hydrogen) atoms. The van der Waals surface area contributed by atoms with E-state index in [1.807, 2.05) is 0 Å². The summed E-state index contributed by atoms with van der Waals surface area (Å²) in [6.45, 7) is 1.79. The molecule has 0 aliphatic heterocycles. The Morgan fingerprint density at radius 2 is 2.08 bits per heavy atom. The van der Waals surface area contributed by atoms with Gasteiger partial charge in [0.1, 0.15) is 0 Å². The maximum absolute atomic E-state index is 11.4. The molecule has 70 valence electrons. The van der Waals surface area contributed by atoms with E-state index in [0.29, 0.717) is 22.3 Å². The van der Waals surface area contributed by atoms with Crippen LogP contribution in [0.1, 0.15) is 15.9 Å². The minimum absolute atomic E-state index is 0.0178. The van der Waals surface area contributed by atoms with E-state index < -0.39 is 0 Å². The highest BCUT2D eigenvalue weighted by molar-refractivity contribution is 9.09. The summed E-state index contributed by atoms with van der Waals surface area (Å²) in [5, 5.41) is 0.303. The van der Waals surface area contributed by atoms with E-state index in [2.05, 4.69) is 15.9 Å². The molecule has 0 atom stereocenters. The second-order valence-corrected chi connectivity index (χ2v) is 3.36. The second-order valence-electron chi connectivity index (χ2n) is 2.80. The highest BCUT2D eigenvalue weighted by Gasteiger charge is 2.10. The minimum atomic E-state index is 0.0178. The smallest absolute Gasteiger partial charge is 0.173 e. The topological polar surface area (TPSA) is 69.1 Å². The number of Topliss-reactive ketones (excluding diaryl/α,β-unsaturated/α-hetero) is 1. The Kier molecular flexibility index (Phi) is 2.93. The monoisotopic (exact) mass is 242 g/mol. The minimum Gasteiger partial charge on any atom is -0.397 e. The zero-order valence-corrected chi connectivity index (χ0v) is 8.89. The third-order valence-electron chi connectivity index (χ3n) is 1.97. The third kappa shape index (κ3) is 1.83. The number of anilines is 2. The molecular weight excluding hydrogens is 232 g/mol. The Morgan fingerprint density at radius 3 is 2.62 bits per heavy atom. The molecule has 1 rings (SSSR count). The summed E-state index contributed by atoms with van der Waals surface area (Å²) >= 11 is 3.11. The number of carbonyl (C=O) groups is 1. The largest absolute Gasteiger partial charge is 0.397 e. The maximum atomic E-state index is 11.4. The molecule has 0 bridgehead atoms. The molecule has 0 aromatic heterocycles. The average molecular weight is 243 g/mol. The first kappa shape index (κ1) is 10.1. The van der Waals surface area contributed by atoms with Crippen molar-refractivity contribution in [2.45, 2.75) is 6.92 Å². The molecule has 3 nitrogen and oxygen atoms in total. The van der Waals surface area contributed by atoms with Gasteiger partial charge in [0.2, 0.25) is 0 Å². The van der Waals surface area contributed by atoms with E-state index in [1.54, 1.807) is 19.1 Å². The molecule has 0 saturated carbocycles. The summed E-state index contributed by atoms with van der Waals surface area (Å²) in [6.07, 6.45) is 0. The van der Waals surface area contributed by atoms with Crippen LogP contribution < -0.4 is 11.5 Å². The molecule has 0 amide bonds. The molecule has 0 spiro atoms. The van der Waals surface area contributed by atoms with E-state index in [1.165, 1.54) is 0 Å². The van der Waals surface area contributed by atoms with Crippen molar-refractivity contribution in [3.8, 4) is 0 Å². The van der Waals surface area contributed by atoms with Crippen molar-refractivity contribution in [1.29, 1.82) is 0 Å². The molecule has 0 aliphatic carbocycles. The lowest BCUT2D eigenvalue weighted by atomic mass is 10.0. The number of hydrogen-bond acceptors (Lipinski definition) is 3. The fourth-order valence-corrected chi connectivity index (χ4v) is 1.43. The quantitative estimate of drug-likeness (QED) is 0.472. The molecule has 0 fully saturated rings. The van der Waals surface area contributed by atoms with Crippen LogP contribution >= 0.6 is 15.9 Å². The van der Waals surface area contributed by atoms with Crippen molar-refractivity contribution in [2.24, 2.45) is 0 Å². The van der Waals surface area contributed by atoms with Gasteiger partial charge < -0.3 is 11.5 Å². The zero-order chi connectivity index (χ0) is 10.0. The molecule has 1 aromatic carbocycles. The van der Waals surface area contributed by atoms with E-state index in [0.717, 1.165) is 5.56 Å². The number of halogens is 1. The summed E-state index contributed by atoms with van der Waals surface area (Å²) in [5.41, 5.74) is 13.7. The standard InChI is InChI=1S/C9H11BrN2O/c1-5-6(8(13)4-10)2-3-7(11)9(5)12/h2-3H,4,11-12H2,1H3. The second kappa shape index (κ2) is 3.79. The summed E-state index contributed by atoms with van der Waals surface area (Å²) in [7, 11) is 0. The van der Waals surface area contributed by atoms with Crippen LogP contribution in [0.2, 0.25) is 0 Å². The molecule has 4 N–H and O–H groups in total. The number of hydrogen-bond donors (Lipinski definition) is 2. The van der Waals surface area contributed by atoms with Crippen LogP contribution in [0.15, 0.2) is 12.1 Å². The van der Waals surface area contributed by atoms with E-state index in [4.69, 9.17) is 11.5 Å². The molecule has 1 aromatic rings. The van der Waals surface area contributed by atoms with E-state index in [-0.39, 0.29) is 5.78 Å².